The summed E-state index contributed by atoms with van der Waals surface area (Å²) in [5.41, 5.74) is 8.15. The number of amides is 1. The van der Waals surface area contributed by atoms with E-state index in [-0.39, 0.29) is 30.1 Å². The van der Waals surface area contributed by atoms with Crippen LogP contribution >= 0.6 is 0 Å². The van der Waals surface area contributed by atoms with Crippen molar-refractivity contribution in [2.24, 2.45) is 0 Å². The molecule has 3 heterocycles. The van der Waals surface area contributed by atoms with Gasteiger partial charge < -0.3 is 21.1 Å². The summed E-state index contributed by atoms with van der Waals surface area (Å²) in [6, 6.07) is 7.68. The number of hydrogen-bond donors (Lipinski definition) is 3. The molecule has 1 amide bonds. The lowest BCUT2D eigenvalue weighted by Crippen LogP contribution is -2.58. The average molecular weight is 525 g/mol. The van der Waals surface area contributed by atoms with Crippen molar-refractivity contribution in [2.45, 2.75) is 75.0 Å². The zero-order valence-corrected chi connectivity index (χ0v) is 21.4. The minimum Gasteiger partial charge on any atom is -0.390 e. The van der Waals surface area contributed by atoms with Crippen LogP contribution in [0.25, 0.3) is 22.0 Å². The standard InChI is InChI=1S/C28H34F2N6O2/c29-28(30)9-11-35(12-10-28)13-14-36-18-21-15-19(1-2-23(21)34-36)20-16-22(24(31)32-17-20)25(37)33-26-3-6-27(38,7-4-26)8-5-26/h1-2,15-18,38H,3-14H2,(H2,31,32)(H,33,37). The molecule has 1 aliphatic heterocycles. The van der Waals surface area contributed by atoms with Crippen molar-refractivity contribution in [1.29, 1.82) is 0 Å². The van der Waals surface area contributed by atoms with Crippen molar-refractivity contribution in [3.05, 3.63) is 42.2 Å². The molecule has 3 saturated carbocycles. The molecule has 0 radical (unpaired) electrons. The first-order chi connectivity index (χ1) is 18.1. The minimum absolute atomic E-state index is 0.0859. The Bertz CT molecular complexity index is 1340. The molecule has 10 heteroatoms. The molecule has 4 aliphatic rings. The normalized spacial score (nSPS) is 27.0. The van der Waals surface area contributed by atoms with Gasteiger partial charge >= 0.3 is 0 Å². The summed E-state index contributed by atoms with van der Waals surface area (Å²) in [6.45, 7) is 2.11. The number of aliphatic hydroxyl groups is 1. The Kier molecular flexibility index (Phi) is 6.14. The molecule has 0 atom stereocenters. The van der Waals surface area contributed by atoms with Gasteiger partial charge in [0.05, 0.1) is 23.2 Å². The first-order valence-electron chi connectivity index (χ1n) is 13.5. The molecule has 202 valence electrons. The second-order valence-corrected chi connectivity index (χ2v) is 11.5. The number of alkyl halides is 2. The van der Waals surface area contributed by atoms with Gasteiger partial charge in [0, 0.05) is 61.4 Å². The Morgan fingerprint density at radius 2 is 1.71 bits per heavy atom. The van der Waals surface area contributed by atoms with E-state index in [9.17, 15) is 18.7 Å². The smallest absolute Gasteiger partial charge is 0.255 e. The molecular weight excluding hydrogens is 490 g/mol. The van der Waals surface area contributed by atoms with Crippen molar-refractivity contribution in [2.75, 3.05) is 25.4 Å². The lowest BCUT2D eigenvalue weighted by molar-refractivity contribution is -0.0702. The van der Waals surface area contributed by atoms with Crippen LogP contribution in [-0.4, -0.2) is 67.4 Å². The summed E-state index contributed by atoms with van der Waals surface area (Å²) in [6.07, 6.45) is 7.90. The highest BCUT2D eigenvalue weighted by Crippen LogP contribution is 2.46. The number of halogens is 2. The Morgan fingerprint density at radius 3 is 2.42 bits per heavy atom. The highest BCUT2D eigenvalue weighted by Gasteiger charge is 2.48. The molecule has 0 spiro atoms. The number of benzene rings is 1. The van der Waals surface area contributed by atoms with Crippen LogP contribution in [0.15, 0.2) is 36.7 Å². The van der Waals surface area contributed by atoms with Crippen LogP contribution in [0.5, 0.6) is 0 Å². The maximum Gasteiger partial charge on any atom is 0.255 e. The van der Waals surface area contributed by atoms with E-state index in [0.29, 0.717) is 51.0 Å². The summed E-state index contributed by atoms with van der Waals surface area (Å²) < 4.78 is 28.7. The Labute approximate surface area is 220 Å². The number of nitrogens with zero attached hydrogens (tertiary/aromatic N) is 4. The highest BCUT2D eigenvalue weighted by molar-refractivity contribution is 6.00. The van der Waals surface area contributed by atoms with E-state index in [2.05, 4.69) is 20.3 Å². The Hall–Kier alpha value is -3.11. The number of likely N-dealkylation sites (tertiary alicyclic amines) is 1. The van der Waals surface area contributed by atoms with Gasteiger partial charge in [0.1, 0.15) is 5.82 Å². The van der Waals surface area contributed by atoms with Crippen molar-refractivity contribution >= 4 is 22.6 Å². The van der Waals surface area contributed by atoms with Crippen molar-refractivity contribution < 1.29 is 18.7 Å². The van der Waals surface area contributed by atoms with Crippen molar-refractivity contribution in [3.63, 3.8) is 0 Å². The van der Waals surface area contributed by atoms with E-state index < -0.39 is 11.5 Å². The maximum atomic E-state index is 13.4. The lowest BCUT2D eigenvalue weighted by Gasteiger charge is -2.51. The number of rotatable bonds is 6. The van der Waals surface area contributed by atoms with E-state index in [4.69, 9.17) is 5.73 Å². The number of piperidine rings is 1. The van der Waals surface area contributed by atoms with Crippen LogP contribution in [-0.2, 0) is 6.54 Å². The number of fused-ring (bicyclic) bond motifs is 4. The lowest BCUT2D eigenvalue weighted by atomic mass is 9.63. The monoisotopic (exact) mass is 524 g/mol. The third kappa shape index (κ3) is 4.99. The largest absolute Gasteiger partial charge is 0.390 e. The second-order valence-electron chi connectivity index (χ2n) is 11.5. The zero-order valence-electron chi connectivity index (χ0n) is 21.4. The molecule has 2 bridgehead atoms. The fourth-order valence-corrected chi connectivity index (χ4v) is 6.20. The number of nitrogens with one attached hydrogen (secondary N) is 1. The number of anilines is 1. The molecule has 8 nitrogen and oxygen atoms in total. The van der Waals surface area contributed by atoms with Gasteiger partial charge in [-0.3, -0.25) is 9.48 Å². The molecule has 1 aromatic carbocycles. The zero-order chi connectivity index (χ0) is 26.5. The summed E-state index contributed by atoms with van der Waals surface area (Å²) in [4.78, 5) is 19.7. The van der Waals surface area contributed by atoms with E-state index in [1.54, 1.807) is 12.3 Å². The first-order valence-corrected chi connectivity index (χ1v) is 13.5. The van der Waals surface area contributed by atoms with E-state index in [1.165, 1.54) is 0 Å². The molecule has 38 heavy (non-hydrogen) atoms. The molecule has 0 unspecified atom stereocenters. The number of carbonyl (C=O) groups excluding carboxylic acids is 1. The third-order valence-electron chi connectivity index (χ3n) is 8.87. The van der Waals surface area contributed by atoms with Gasteiger partial charge in [-0.1, -0.05) is 6.07 Å². The fourth-order valence-electron chi connectivity index (χ4n) is 6.20. The van der Waals surface area contributed by atoms with Gasteiger partial charge in [0.25, 0.3) is 11.8 Å². The number of aromatic nitrogens is 3. The number of pyridine rings is 1. The van der Waals surface area contributed by atoms with Gasteiger partial charge in [-0.25, -0.2) is 13.8 Å². The van der Waals surface area contributed by atoms with Crippen LogP contribution in [0.3, 0.4) is 0 Å². The van der Waals surface area contributed by atoms with Gasteiger partial charge in [0.2, 0.25) is 0 Å². The van der Waals surface area contributed by atoms with E-state index in [0.717, 1.165) is 41.3 Å². The molecule has 4 fully saturated rings. The third-order valence-corrected chi connectivity index (χ3v) is 8.87. The van der Waals surface area contributed by atoms with Crippen LogP contribution in [0.2, 0.25) is 0 Å². The SMILES string of the molecule is Nc1ncc(-c2ccc3nn(CCN4CCC(F)(F)CC4)cc3c2)cc1C(=O)NC12CCC(O)(CC1)CC2. The average Bonchev–Trinajstić information content (AvgIpc) is 3.31. The summed E-state index contributed by atoms with van der Waals surface area (Å²) in [5.74, 6) is -2.58. The predicted molar refractivity (Wildman–Crippen MR) is 141 cm³/mol. The number of carbonyl (C=O) groups is 1. The quantitative estimate of drug-likeness (QED) is 0.450. The summed E-state index contributed by atoms with van der Waals surface area (Å²) >= 11 is 0. The molecule has 4 N–H and O–H groups in total. The summed E-state index contributed by atoms with van der Waals surface area (Å²) in [5, 5.41) is 19.3. The van der Waals surface area contributed by atoms with Crippen molar-refractivity contribution in [1.82, 2.24) is 25.0 Å². The van der Waals surface area contributed by atoms with E-state index in [1.807, 2.05) is 29.1 Å². The number of nitrogen functional groups attached to an aromatic ring is 1. The Morgan fingerprint density at radius 1 is 1.00 bits per heavy atom. The molecule has 7 rings (SSSR count). The minimum atomic E-state index is -2.54. The van der Waals surface area contributed by atoms with Crippen molar-refractivity contribution in [3.8, 4) is 11.1 Å². The fraction of sp³-hybridized carbons (Fsp3) is 0.536. The number of hydrogen-bond acceptors (Lipinski definition) is 6. The van der Waals surface area contributed by atoms with Gasteiger partial charge in [-0.15, -0.1) is 0 Å². The topological polar surface area (TPSA) is 109 Å². The maximum absolute atomic E-state index is 13.4. The van der Waals surface area contributed by atoms with Crippen LogP contribution in [0.4, 0.5) is 14.6 Å². The second kappa shape index (κ2) is 9.27. The van der Waals surface area contributed by atoms with Crippen LogP contribution in [0, 0.1) is 0 Å². The van der Waals surface area contributed by atoms with E-state index >= 15 is 0 Å². The Balaban J connectivity index is 1.16. The first kappa shape index (κ1) is 25.2. The predicted octanol–water partition coefficient (Wildman–Crippen LogP) is 3.98. The molecule has 3 aromatic rings. The van der Waals surface area contributed by atoms with Gasteiger partial charge in [-0.05, 0) is 62.3 Å². The molecular formula is C28H34F2N6O2. The van der Waals surface area contributed by atoms with Gasteiger partial charge in [0.15, 0.2) is 0 Å². The molecule has 1 saturated heterocycles. The highest BCUT2D eigenvalue weighted by atomic mass is 19.3. The molecule has 2 aromatic heterocycles. The summed E-state index contributed by atoms with van der Waals surface area (Å²) in [7, 11) is 0. The van der Waals surface area contributed by atoms with Crippen LogP contribution in [0.1, 0.15) is 61.7 Å². The molecule has 3 aliphatic carbocycles. The number of nitrogens with two attached hydrogens (primary N) is 1. The van der Waals surface area contributed by atoms with Crippen LogP contribution < -0.4 is 11.1 Å². The van der Waals surface area contributed by atoms with Gasteiger partial charge in [-0.2, -0.15) is 5.10 Å².